The second-order valence-electron chi connectivity index (χ2n) is 4.55. The summed E-state index contributed by atoms with van der Waals surface area (Å²) < 4.78 is 0. The average Bonchev–Trinajstić information content (AvgIpc) is 2.28. The molecule has 0 aliphatic carbocycles. The van der Waals surface area contributed by atoms with Gasteiger partial charge in [-0.25, -0.2) is 0 Å². The maximum absolute atomic E-state index is 9.44. The second kappa shape index (κ2) is 6.54. The Morgan fingerprint density at radius 2 is 2.00 bits per heavy atom. The Kier molecular flexibility index (Phi) is 5.33. The first kappa shape index (κ1) is 13.0. The normalized spacial score (nSPS) is 12.7. The fraction of sp³-hybridized carbons (Fsp3) is 0.571. The zero-order valence-electron chi connectivity index (χ0n) is 10.2. The Labute approximate surface area is 97.9 Å². The number of hydrogen-bond donors (Lipinski definition) is 2. The summed E-state index contributed by atoms with van der Waals surface area (Å²) in [5, 5.41) is 18.5. The number of benzene rings is 1. The van der Waals surface area contributed by atoms with Crippen molar-refractivity contribution in [2.75, 3.05) is 0 Å². The molecule has 0 radical (unpaired) electrons. The van der Waals surface area contributed by atoms with E-state index in [9.17, 15) is 5.11 Å². The number of aryl methyl sites for hydroxylation is 1. The van der Waals surface area contributed by atoms with Gasteiger partial charge in [0, 0.05) is 5.56 Å². The van der Waals surface area contributed by atoms with E-state index in [0.29, 0.717) is 5.56 Å². The Morgan fingerprint density at radius 3 is 2.62 bits per heavy atom. The predicted molar refractivity (Wildman–Crippen MR) is 66.4 cm³/mol. The van der Waals surface area contributed by atoms with Crippen LogP contribution in [0.4, 0.5) is 0 Å². The summed E-state index contributed by atoms with van der Waals surface area (Å²) in [6.45, 7) is 4.39. The molecule has 0 saturated carbocycles. The van der Waals surface area contributed by atoms with Gasteiger partial charge in [-0.05, 0) is 36.5 Å². The number of aliphatic hydroxyl groups is 1. The molecule has 0 aliphatic heterocycles. The minimum absolute atomic E-state index is 0.0931. The molecule has 2 heteroatoms. The first-order valence-electron chi connectivity index (χ1n) is 6.09. The molecule has 1 aromatic carbocycles. The van der Waals surface area contributed by atoms with E-state index in [-0.39, 0.29) is 12.4 Å². The van der Waals surface area contributed by atoms with E-state index in [1.54, 1.807) is 6.07 Å². The molecule has 1 atom stereocenters. The molecule has 1 aromatic rings. The minimum Gasteiger partial charge on any atom is -0.508 e. The smallest absolute Gasteiger partial charge is 0.121 e. The second-order valence-corrected chi connectivity index (χ2v) is 4.55. The van der Waals surface area contributed by atoms with E-state index in [4.69, 9.17) is 5.11 Å². The highest BCUT2D eigenvalue weighted by atomic mass is 16.3. The van der Waals surface area contributed by atoms with Gasteiger partial charge >= 0.3 is 0 Å². The van der Waals surface area contributed by atoms with E-state index in [2.05, 4.69) is 13.8 Å². The molecule has 2 N–H and O–H groups in total. The van der Waals surface area contributed by atoms with Crippen molar-refractivity contribution in [2.24, 2.45) is 5.92 Å². The molecule has 1 rings (SSSR count). The van der Waals surface area contributed by atoms with Crippen molar-refractivity contribution in [3.63, 3.8) is 0 Å². The van der Waals surface area contributed by atoms with Gasteiger partial charge in [0.05, 0.1) is 6.61 Å². The number of rotatable bonds is 6. The van der Waals surface area contributed by atoms with E-state index in [1.807, 2.05) is 12.1 Å². The molecule has 0 spiro atoms. The van der Waals surface area contributed by atoms with E-state index < -0.39 is 0 Å². The summed E-state index contributed by atoms with van der Waals surface area (Å²) in [5.74, 6) is 0.934. The van der Waals surface area contributed by atoms with Crippen LogP contribution >= 0.6 is 0 Å². The maximum atomic E-state index is 9.44. The SMILES string of the molecule is CCCC(C)CCc1ccc(O)c(CO)c1. The number of phenols is 1. The first-order valence-corrected chi connectivity index (χ1v) is 6.09. The zero-order valence-corrected chi connectivity index (χ0v) is 10.2. The van der Waals surface area contributed by atoms with Crippen LogP contribution in [0.25, 0.3) is 0 Å². The summed E-state index contributed by atoms with van der Waals surface area (Å²) in [5.41, 5.74) is 1.82. The molecule has 90 valence electrons. The van der Waals surface area contributed by atoms with E-state index >= 15 is 0 Å². The highest BCUT2D eigenvalue weighted by molar-refractivity contribution is 5.35. The van der Waals surface area contributed by atoms with Crippen molar-refractivity contribution in [1.82, 2.24) is 0 Å². The molecular weight excluding hydrogens is 200 g/mol. The Morgan fingerprint density at radius 1 is 1.25 bits per heavy atom. The van der Waals surface area contributed by atoms with Crippen LogP contribution in [0, 0.1) is 5.92 Å². The largest absolute Gasteiger partial charge is 0.508 e. The molecule has 0 amide bonds. The molecule has 0 aliphatic rings. The molecule has 0 bridgehead atoms. The van der Waals surface area contributed by atoms with Crippen LogP contribution < -0.4 is 0 Å². The predicted octanol–water partition coefficient (Wildman–Crippen LogP) is 3.25. The van der Waals surface area contributed by atoms with Crippen molar-refractivity contribution in [2.45, 2.75) is 46.1 Å². The summed E-state index contributed by atoms with van der Waals surface area (Å²) in [6.07, 6.45) is 4.70. The lowest BCUT2D eigenvalue weighted by atomic mass is 9.96. The third-order valence-electron chi connectivity index (χ3n) is 3.02. The summed E-state index contributed by atoms with van der Waals surface area (Å²) in [4.78, 5) is 0. The van der Waals surface area contributed by atoms with Gasteiger partial charge < -0.3 is 10.2 Å². The van der Waals surface area contributed by atoms with Gasteiger partial charge in [-0.2, -0.15) is 0 Å². The fourth-order valence-electron chi connectivity index (χ4n) is 1.97. The van der Waals surface area contributed by atoms with Crippen LogP contribution in [0.1, 0.15) is 44.2 Å². The highest BCUT2D eigenvalue weighted by Gasteiger charge is 2.04. The lowest BCUT2D eigenvalue weighted by Gasteiger charge is -2.10. The zero-order chi connectivity index (χ0) is 12.0. The molecule has 0 fully saturated rings. The van der Waals surface area contributed by atoms with Crippen LogP contribution in [0.2, 0.25) is 0 Å². The average molecular weight is 222 g/mol. The minimum atomic E-state index is -0.0931. The van der Waals surface area contributed by atoms with Crippen LogP contribution in [0.5, 0.6) is 5.75 Å². The van der Waals surface area contributed by atoms with Crippen LogP contribution in [-0.2, 0) is 13.0 Å². The Balaban J connectivity index is 2.54. The third kappa shape index (κ3) is 3.86. The van der Waals surface area contributed by atoms with Crippen molar-refractivity contribution >= 4 is 0 Å². The highest BCUT2D eigenvalue weighted by Crippen LogP contribution is 2.21. The van der Waals surface area contributed by atoms with Crippen molar-refractivity contribution in [3.05, 3.63) is 29.3 Å². The summed E-state index contributed by atoms with van der Waals surface area (Å²) in [7, 11) is 0. The number of aliphatic hydroxyl groups excluding tert-OH is 1. The topological polar surface area (TPSA) is 40.5 Å². The number of hydrogen-bond acceptors (Lipinski definition) is 2. The Bertz CT molecular complexity index is 321. The van der Waals surface area contributed by atoms with E-state index in [1.165, 1.54) is 24.8 Å². The van der Waals surface area contributed by atoms with Crippen LogP contribution in [0.3, 0.4) is 0 Å². The van der Waals surface area contributed by atoms with Gasteiger partial charge in [-0.3, -0.25) is 0 Å². The lowest BCUT2D eigenvalue weighted by molar-refractivity contribution is 0.275. The molecule has 16 heavy (non-hydrogen) atoms. The summed E-state index contributed by atoms with van der Waals surface area (Å²) in [6, 6.07) is 5.51. The quantitative estimate of drug-likeness (QED) is 0.775. The van der Waals surface area contributed by atoms with Crippen LogP contribution in [-0.4, -0.2) is 10.2 Å². The van der Waals surface area contributed by atoms with E-state index in [0.717, 1.165) is 12.3 Å². The van der Waals surface area contributed by atoms with Gasteiger partial charge in [0.1, 0.15) is 5.75 Å². The molecule has 1 unspecified atom stereocenters. The lowest BCUT2D eigenvalue weighted by Crippen LogP contribution is -1.97. The molecule has 0 heterocycles. The van der Waals surface area contributed by atoms with Crippen molar-refractivity contribution in [3.8, 4) is 5.75 Å². The number of aromatic hydroxyl groups is 1. The molecule has 2 nitrogen and oxygen atoms in total. The van der Waals surface area contributed by atoms with Gasteiger partial charge in [0.2, 0.25) is 0 Å². The van der Waals surface area contributed by atoms with Crippen molar-refractivity contribution in [1.29, 1.82) is 0 Å². The van der Waals surface area contributed by atoms with Gasteiger partial charge in [0.25, 0.3) is 0 Å². The molecular formula is C14H22O2. The van der Waals surface area contributed by atoms with Crippen molar-refractivity contribution < 1.29 is 10.2 Å². The monoisotopic (exact) mass is 222 g/mol. The summed E-state index contributed by atoms with van der Waals surface area (Å²) >= 11 is 0. The fourth-order valence-corrected chi connectivity index (χ4v) is 1.97. The molecule has 0 saturated heterocycles. The maximum Gasteiger partial charge on any atom is 0.121 e. The van der Waals surface area contributed by atoms with Gasteiger partial charge in [0.15, 0.2) is 0 Å². The third-order valence-corrected chi connectivity index (χ3v) is 3.02. The van der Waals surface area contributed by atoms with Crippen LogP contribution in [0.15, 0.2) is 18.2 Å². The van der Waals surface area contributed by atoms with Gasteiger partial charge in [-0.1, -0.05) is 32.8 Å². The van der Waals surface area contributed by atoms with Gasteiger partial charge in [-0.15, -0.1) is 0 Å². The Hall–Kier alpha value is -1.02. The first-order chi connectivity index (χ1) is 7.67. The standard InChI is InChI=1S/C14H22O2/c1-3-4-11(2)5-6-12-7-8-14(16)13(9-12)10-15/h7-9,11,15-16H,3-6,10H2,1-2H3. The molecule has 0 aromatic heterocycles.